The fourth-order valence-corrected chi connectivity index (χ4v) is 5.24. The second kappa shape index (κ2) is 10.3. The van der Waals surface area contributed by atoms with Crippen molar-refractivity contribution in [2.24, 2.45) is 0 Å². The summed E-state index contributed by atoms with van der Waals surface area (Å²) < 4.78 is 30.5. The number of carbonyl (C=O) groups excluding carboxylic acids is 2. The highest BCUT2D eigenvalue weighted by molar-refractivity contribution is 5.93. The van der Waals surface area contributed by atoms with Crippen LogP contribution in [-0.4, -0.2) is 92.5 Å². The first-order chi connectivity index (χ1) is 20.1. The van der Waals surface area contributed by atoms with Gasteiger partial charge in [0.25, 0.3) is 0 Å². The summed E-state index contributed by atoms with van der Waals surface area (Å²) in [6, 6.07) is 1.82. The third-order valence-corrected chi connectivity index (χ3v) is 7.16. The molecule has 1 unspecified atom stereocenters. The Morgan fingerprint density at radius 3 is 2.67 bits per heavy atom. The number of methoxy groups -OCH3 is 2. The standard InChI is InChI=1S/C28H31N7O7/c1-27(2,3)42-26(37)34-16-21(33-12-13-40-25(33)36)41-20-6-8-28(39-5,14-19(20)34)35-18-7-9-29-15-17(18)22(32-35)23-24(38-4)31-11-10-30-23/h6-11,15,21H,12-14,16H2,1-5H3/t21-,28?/m1/s1. The van der Waals surface area contributed by atoms with Crippen molar-refractivity contribution < 1.29 is 33.3 Å². The highest BCUT2D eigenvalue weighted by Crippen LogP contribution is 2.42. The third-order valence-electron chi connectivity index (χ3n) is 7.16. The Hall–Kier alpha value is -4.72. The Bertz CT molecular complexity index is 1610. The highest BCUT2D eigenvalue weighted by atomic mass is 16.6. The van der Waals surface area contributed by atoms with Crippen LogP contribution >= 0.6 is 0 Å². The lowest BCUT2D eigenvalue weighted by Gasteiger charge is -2.43. The highest BCUT2D eigenvalue weighted by Gasteiger charge is 2.46. The van der Waals surface area contributed by atoms with Crippen LogP contribution in [0.4, 0.5) is 9.59 Å². The number of pyridine rings is 1. The summed E-state index contributed by atoms with van der Waals surface area (Å²) in [7, 11) is 3.08. The van der Waals surface area contributed by atoms with Crippen molar-refractivity contribution in [2.45, 2.75) is 44.7 Å². The third kappa shape index (κ3) is 4.66. The van der Waals surface area contributed by atoms with Crippen LogP contribution in [0.3, 0.4) is 0 Å². The molecule has 0 saturated carbocycles. The van der Waals surface area contributed by atoms with Gasteiger partial charge in [-0.2, -0.15) is 5.10 Å². The van der Waals surface area contributed by atoms with Gasteiger partial charge in [-0.25, -0.2) is 24.2 Å². The Morgan fingerprint density at radius 2 is 1.95 bits per heavy atom. The molecule has 14 nitrogen and oxygen atoms in total. The second-order valence-corrected chi connectivity index (χ2v) is 10.9. The molecule has 5 heterocycles. The maximum atomic E-state index is 13.6. The predicted molar refractivity (Wildman–Crippen MR) is 147 cm³/mol. The molecule has 0 aromatic carbocycles. The predicted octanol–water partition coefficient (Wildman–Crippen LogP) is 3.41. The van der Waals surface area contributed by atoms with Crippen LogP contribution < -0.4 is 4.74 Å². The van der Waals surface area contributed by atoms with Gasteiger partial charge in [-0.15, -0.1) is 0 Å². The molecule has 14 heteroatoms. The summed E-state index contributed by atoms with van der Waals surface area (Å²) in [6.07, 6.45) is 8.33. The van der Waals surface area contributed by atoms with Crippen molar-refractivity contribution >= 4 is 23.1 Å². The quantitative estimate of drug-likeness (QED) is 0.440. The molecule has 0 N–H and O–H groups in total. The topological polar surface area (TPSA) is 143 Å². The fraction of sp³-hybridized carbons (Fsp3) is 0.429. The summed E-state index contributed by atoms with van der Waals surface area (Å²) in [5.41, 5.74) is 0.241. The van der Waals surface area contributed by atoms with Crippen molar-refractivity contribution in [2.75, 3.05) is 33.9 Å². The number of hydrogen-bond donors (Lipinski definition) is 0. The van der Waals surface area contributed by atoms with Gasteiger partial charge in [-0.3, -0.25) is 14.8 Å². The molecule has 1 aliphatic carbocycles. The zero-order valence-electron chi connectivity index (χ0n) is 23.9. The number of amides is 2. The van der Waals surface area contributed by atoms with Gasteiger partial charge >= 0.3 is 12.2 Å². The molecule has 42 heavy (non-hydrogen) atoms. The first-order valence-corrected chi connectivity index (χ1v) is 13.4. The lowest BCUT2D eigenvalue weighted by molar-refractivity contribution is -0.0715. The van der Waals surface area contributed by atoms with Crippen LogP contribution in [0.2, 0.25) is 0 Å². The molecule has 2 aliphatic heterocycles. The molecular weight excluding hydrogens is 546 g/mol. The molecular formula is C28H31N7O7. The summed E-state index contributed by atoms with van der Waals surface area (Å²) in [5, 5.41) is 5.65. The van der Waals surface area contributed by atoms with Crippen LogP contribution in [0.25, 0.3) is 22.3 Å². The molecule has 3 aliphatic rings. The number of rotatable bonds is 5. The average molecular weight is 578 g/mol. The van der Waals surface area contributed by atoms with Crippen molar-refractivity contribution in [1.29, 1.82) is 0 Å². The fourth-order valence-electron chi connectivity index (χ4n) is 5.24. The minimum absolute atomic E-state index is 0.0440. The molecule has 6 rings (SSSR count). The zero-order valence-corrected chi connectivity index (χ0v) is 23.9. The normalized spacial score (nSPS) is 22.2. The van der Waals surface area contributed by atoms with Gasteiger partial charge in [0.1, 0.15) is 23.7 Å². The van der Waals surface area contributed by atoms with E-state index in [4.69, 9.17) is 28.8 Å². The van der Waals surface area contributed by atoms with E-state index in [0.717, 1.165) is 0 Å². The van der Waals surface area contributed by atoms with Gasteiger partial charge in [0.2, 0.25) is 5.88 Å². The van der Waals surface area contributed by atoms with E-state index in [-0.39, 0.29) is 19.6 Å². The molecule has 0 spiro atoms. The summed E-state index contributed by atoms with van der Waals surface area (Å²) in [4.78, 5) is 42.0. The molecule has 0 bridgehead atoms. The Labute approximate surface area is 241 Å². The van der Waals surface area contributed by atoms with Crippen molar-refractivity contribution in [3.8, 4) is 17.3 Å². The monoisotopic (exact) mass is 577 g/mol. The molecule has 220 valence electrons. The van der Waals surface area contributed by atoms with E-state index >= 15 is 0 Å². The van der Waals surface area contributed by atoms with Gasteiger partial charge < -0.3 is 23.7 Å². The Morgan fingerprint density at radius 1 is 1.14 bits per heavy atom. The van der Waals surface area contributed by atoms with E-state index in [1.807, 2.05) is 12.1 Å². The van der Waals surface area contributed by atoms with Crippen LogP contribution in [0.15, 0.2) is 54.5 Å². The maximum Gasteiger partial charge on any atom is 0.414 e. The summed E-state index contributed by atoms with van der Waals surface area (Å²) in [6.45, 7) is 6.02. The molecule has 3 aromatic rings. The smallest absolute Gasteiger partial charge is 0.414 e. The minimum Gasteiger partial charge on any atom is -0.479 e. The van der Waals surface area contributed by atoms with Crippen LogP contribution in [-0.2, 0) is 24.7 Å². The summed E-state index contributed by atoms with van der Waals surface area (Å²) in [5.74, 6) is 0.727. The van der Waals surface area contributed by atoms with E-state index in [0.29, 0.717) is 46.2 Å². The van der Waals surface area contributed by atoms with Crippen molar-refractivity contribution in [3.63, 3.8) is 0 Å². The van der Waals surface area contributed by atoms with E-state index in [1.165, 1.54) is 23.1 Å². The number of aromatic nitrogens is 5. The number of ether oxygens (including phenoxy) is 5. The molecule has 1 saturated heterocycles. The van der Waals surface area contributed by atoms with Gasteiger partial charge in [-0.1, -0.05) is 0 Å². The molecule has 3 aromatic heterocycles. The lowest BCUT2D eigenvalue weighted by atomic mass is 9.97. The number of hydrogen-bond acceptors (Lipinski definition) is 11. The van der Waals surface area contributed by atoms with Gasteiger partial charge in [0, 0.05) is 43.7 Å². The molecule has 0 radical (unpaired) electrons. The van der Waals surface area contributed by atoms with E-state index in [9.17, 15) is 9.59 Å². The largest absolute Gasteiger partial charge is 0.479 e. The maximum absolute atomic E-state index is 13.6. The number of cyclic esters (lactones) is 1. The van der Waals surface area contributed by atoms with Crippen LogP contribution in [0.1, 0.15) is 27.2 Å². The Balaban J connectivity index is 1.44. The van der Waals surface area contributed by atoms with Gasteiger partial charge in [0.15, 0.2) is 17.6 Å². The van der Waals surface area contributed by atoms with Crippen molar-refractivity contribution in [1.82, 2.24) is 34.5 Å². The summed E-state index contributed by atoms with van der Waals surface area (Å²) >= 11 is 0. The molecule has 2 atom stereocenters. The lowest BCUT2D eigenvalue weighted by Crippen LogP contribution is -2.53. The first-order valence-electron chi connectivity index (χ1n) is 13.4. The number of fused-ring (bicyclic) bond motifs is 1. The second-order valence-electron chi connectivity index (χ2n) is 10.9. The SMILES string of the molecule is COc1nccnc1-c1nn(C2(OC)C=CC3=C(C2)N(C(=O)OC(C)(C)C)C[C@H](N2CCOC2=O)O3)c2ccncc12. The number of allylic oxidation sites excluding steroid dienone is 1. The first kappa shape index (κ1) is 27.4. The van der Waals surface area contributed by atoms with E-state index in [2.05, 4.69) is 15.0 Å². The zero-order chi connectivity index (χ0) is 29.6. The van der Waals surface area contributed by atoms with Crippen LogP contribution in [0, 0.1) is 0 Å². The van der Waals surface area contributed by atoms with Crippen molar-refractivity contribution in [3.05, 3.63) is 54.5 Å². The molecule has 2 amide bonds. The molecule has 1 fully saturated rings. The minimum atomic E-state index is -1.19. The van der Waals surface area contributed by atoms with Gasteiger partial charge in [-0.05, 0) is 39.0 Å². The van der Waals surface area contributed by atoms with Gasteiger partial charge in [0.05, 0.1) is 31.4 Å². The number of carbonyl (C=O) groups is 2. The average Bonchev–Trinajstić information content (AvgIpc) is 3.59. The van der Waals surface area contributed by atoms with E-state index < -0.39 is 29.7 Å². The van der Waals surface area contributed by atoms with Crippen LogP contribution in [0.5, 0.6) is 5.88 Å². The number of nitrogens with zero attached hydrogens (tertiary/aromatic N) is 7. The van der Waals surface area contributed by atoms with E-state index in [1.54, 1.807) is 57.2 Å². The Kier molecular flexibility index (Phi) is 6.72.